The van der Waals surface area contributed by atoms with E-state index in [0.717, 1.165) is 38.8 Å². The van der Waals surface area contributed by atoms with E-state index in [1.54, 1.807) is 6.92 Å². The minimum atomic E-state index is -0.485. The van der Waals surface area contributed by atoms with Gasteiger partial charge in [-0.2, -0.15) is 0 Å². The molecule has 0 N–H and O–H groups in total. The van der Waals surface area contributed by atoms with Crippen LogP contribution in [0.15, 0.2) is 60.7 Å². The van der Waals surface area contributed by atoms with Crippen molar-refractivity contribution in [3.63, 3.8) is 0 Å². The smallest absolute Gasteiger partial charge is 0.334 e. The van der Waals surface area contributed by atoms with E-state index in [2.05, 4.69) is 65.6 Å². The number of carbonyl (C=O) groups is 1. The molecule has 1 fully saturated rings. The fourth-order valence-corrected chi connectivity index (χ4v) is 4.10. The fraction of sp³-hybridized carbons (Fsp3) is 0.480. The molecule has 0 aliphatic heterocycles. The molecule has 4 heteroatoms. The minimum Gasteiger partial charge on any atom is -0.464 e. The Hall–Kier alpha value is -2.17. The Labute approximate surface area is 174 Å². The largest absolute Gasteiger partial charge is 0.464 e. The van der Waals surface area contributed by atoms with E-state index in [-0.39, 0.29) is 12.1 Å². The van der Waals surface area contributed by atoms with Crippen molar-refractivity contribution in [3.8, 4) is 0 Å². The van der Waals surface area contributed by atoms with Crippen LogP contribution in [0.1, 0.15) is 50.7 Å². The second kappa shape index (κ2) is 11.1. The van der Waals surface area contributed by atoms with Gasteiger partial charge in [0.1, 0.15) is 0 Å². The standard InChI is InChI=1S/C25H33NO3/c1-3-28-25(27)20(2)29-24-16-14-23(15-17-24)26(18-21-10-6-4-7-11-21)19-22-12-8-5-9-13-22/h4-13,20,23-24H,3,14-19H2,1-2H3/t20?,23-,24-. The lowest BCUT2D eigenvalue weighted by Crippen LogP contribution is -2.40. The van der Waals surface area contributed by atoms with Gasteiger partial charge in [0.05, 0.1) is 12.7 Å². The molecule has 4 nitrogen and oxygen atoms in total. The molecule has 29 heavy (non-hydrogen) atoms. The molecule has 0 heterocycles. The Kier molecular flexibility index (Phi) is 8.26. The summed E-state index contributed by atoms with van der Waals surface area (Å²) in [6.45, 7) is 5.91. The zero-order valence-corrected chi connectivity index (χ0v) is 17.6. The van der Waals surface area contributed by atoms with E-state index in [0.29, 0.717) is 12.6 Å². The van der Waals surface area contributed by atoms with Gasteiger partial charge in [0.25, 0.3) is 0 Å². The summed E-state index contributed by atoms with van der Waals surface area (Å²) >= 11 is 0. The summed E-state index contributed by atoms with van der Waals surface area (Å²) in [5, 5.41) is 0. The van der Waals surface area contributed by atoms with Crippen LogP contribution in [0.3, 0.4) is 0 Å². The first-order valence-electron chi connectivity index (χ1n) is 10.8. The maximum absolute atomic E-state index is 11.8. The molecule has 156 valence electrons. The Morgan fingerprint density at radius 2 is 1.45 bits per heavy atom. The van der Waals surface area contributed by atoms with Crippen molar-refractivity contribution in [2.45, 2.75) is 70.9 Å². The number of benzene rings is 2. The van der Waals surface area contributed by atoms with Crippen molar-refractivity contribution >= 4 is 5.97 Å². The molecule has 0 radical (unpaired) electrons. The van der Waals surface area contributed by atoms with Crippen LogP contribution in [0.5, 0.6) is 0 Å². The van der Waals surface area contributed by atoms with Crippen LogP contribution in [-0.2, 0) is 27.4 Å². The van der Waals surface area contributed by atoms with E-state index >= 15 is 0 Å². The van der Waals surface area contributed by atoms with Gasteiger partial charge in [-0.25, -0.2) is 4.79 Å². The monoisotopic (exact) mass is 395 g/mol. The van der Waals surface area contributed by atoms with Gasteiger partial charge in [-0.15, -0.1) is 0 Å². The summed E-state index contributed by atoms with van der Waals surface area (Å²) in [5.74, 6) is -0.260. The van der Waals surface area contributed by atoms with Gasteiger partial charge in [-0.3, -0.25) is 4.90 Å². The van der Waals surface area contributed by atoms with Crippen molar-refractivity contribution in [1.82, 2.24) is 4.90 Å². The molecule has 1 atom stereocenters. The molecule has 1 aliphatic rings. The zero-order valence-electron chi connectivity index (χ0n) is 17.6. The van der Waals surface area contributed by atoms with E-state index in [9.17, 15) is 4.79 Å². The quantitative estimate of drug-likeness (QED) is 0.562. The molecule has 2 aromatic carbocycles. The summed E-state index contributed by atoms with van der Waals surface area (Å²) in [7, 11) is 0. The van der Waals surface area contributed by atoms with Gasteiger partial charge < -0.3 is 9.47 Å². The topological polar surface area (TPSA) is 38.8 Å². The summed E-state index contributed by atoms with van der Waals surface area (Å²) in [4.78, 5) is 14.4. The Balaban J connectivity index is 1.59. The van der Waals surface area contributed by atoms with Crippen molar-refractivity contribution in [2.24, 2.45) is 0 Å². The molecule has 2 aromatic rings. The normalized spacial score (nSPS) is 20.4. The van der Waals surface area contributed by atoms with Gasteiger partial charge in [-0.05, 0) is 50.7 Å². The third kappa shape index (κ3) is 6.69. The van der Waals surface area contributed by atoms with E-state index in [4.69, 9.17) is 9.47 Å². The van der Waals surface area contributed by atoms with Gasteiger partial charge in [0.15, 0.2) is 6.10 Å². The van der Waals surface area contributed by atoms with Gasteiger partial charge >= 0.3 is 5.97 Å². The first kappa shape index (κ1) is 21.5. The first-order valence-corrected chi connectivity index (χ1v) is 10.8. The van der Waals surface area contributed by atoms with Crippen LogP contribution < -0.4 is 0 Å². The lowest BCUT2D eigenvalue weighted by atomic mass is 9.91. The molecule has 0 bridgehead atoms. The molecule has 0 saturated heterocycles. The van der Waals surface area contributed by atoms with Crippen LogP contribution in [0.2, 0.25) is 0 Å². The van der Waals surface area contributed by atoms with Crippen LogP contribution in [0, 0.1) is 0 Å². The second-order valence-electron chi connectivity index (χ2n) is 7.84. The summed E-state index contributed by atoms with van der Waals surface area (Å²) in [6.07, 6.45) is 3.78. The average Bonchev–Trinajstić information content (AvgIpc) is 2.75. The second-order valence-corrected chi connectivity index (χ2v) is 7.84. The predicted molar refractivity (Wildman–Crippen MR) is 115 cm³/mol. The third-order valence-corrected chi connectivity index (χ3v) is 5.63. The summed E-state index contributed by atoms with van der Waals surface area (Å²) in [5.41, 5.74) is 2.69. The van der Waals surface area contributed by atoms with Crippen molar-refractivity contribution in [3.05, 3.63) is 71.8 Å². The SMILES string of the molecule is CCOC(=O)C(C)O[C@H]1CC[C@H](N(Cc2ccccc2)Cc2ccccc2)CC1. The van der Waals surface area contributed by atoms with Gasteiger partial charge in [-0.1, -0.05) is 60.7 Å². The molecule has 0 spiro atoms. The average molecular weight is 396 g/mol. The van der Waals surface area contributed by atoms with Crippen LogP contribution >= 0.6 is 0 Å². The van der Waals surface area contributed by atoms with Crippen molar-refractivity contribution < 1.29 is 14.3 Å². The number of rotatable bonds is 9. The third-order valence-electron chi connectivity index (χ3n) is 5.63. The highest BCUT2D eigenvalue weighted by atomic mass is 16.6. The van der Waals surface area contributed by atoms with Crippen LogP contribution in [0.25, 0.3) is 0 Å². The highest BCUT2D eigenvalue weighted by Crippen LogP contribution is 2.28. The van der Waals surface area contributed by atoms with Crippen LogP contribution in [0.4, 0.5) is 0 Å². The highest BCUT2D eigenvalue weighted by molar-refractivity contribution is 5.74. The molecule has 3 rings (SSSR count). The highest BCUT2D eigenvalue weighted by Gasteiger charge is 2.29. The maximum Gasteiger partial charge on any atom is 0.334 e. The Bertz CT molecular complexity index is 685. The fourth-order valence-electron chi connectivity index (χ4n) is 4.10. The molecule has 0 amide bonds. The number of ether oxygens (including phenoxy) is 2. The van der Waals surface area contributed by atoms with Crippen molar-refractivity contribution in [2.75, 3.05) is 6.61 Å². The van der Waals surface area contributed by atoms with E-state index < -0.39 is 6.10 Å². The number of hydrogen-bond donors (Lipinski definition) is 0. The van der Waals surface area contributed by atoms with Crippen LogP contribution in [-0.4, -0.2) is 35.7 Å². The van der Waals surface area contributed by atoms with Gasteiger partial charge in [0, 0.05) is 19.1 Å². The Morgan fingerprint density at radius 3 is 1.93 bits per heavy atom. The molecule has 1 saturated carbocycles. The first-order chi connectivity index (χ1) is 14.2. The van der Waals surface area contributed by atoms with Gasteiger partial charge in [0.2, 0.25) is 0 Å². The van der Waals surface area contributed by atoms with E-state index in [1.807, 2.05) is 6.92 Å². The predicted octanol–water partition coefficient (Wildman–Crippen LogP) is 4.97. The summed E-state index contributed by atoms with van der Waals surface area (Å²) < 4.78 is 11.0. The lowest BCUT2D eigenvalue weighted by Gasteiger charge is -2.37. The molecular formula is C25H33NO3. The molecule has 1 unspecified atom stereocenters. The minimum absolute atomic E-state index is 0.140. The number of hydrogen-bond acceptors (Lipinski definition) is 4. The number of esters is 1. The maximum atomic E-state index is 11.8. The lowest BCUT2D eigenvalue weighted by molar-refractivity contribution is -0.160. The molecule has 1 aliphatic carbocycles. The molecular weight excluding hydrogens is 362 g/mol. The summed E-state index contributed by atoms with van der Waals surface area (Å²) in [6, 6.07) is 21.9. The van der Waals surface area contributed by atoms with Crippen molar-refractivity contribution in [1.29, 1.82) is 0 Å². The van der Waals surface area contributed by atoms with E-state index in [1.165, 1.54) is 11.1 Å². The number of nitrogens with zero attached hydrogens (tertiary/aromatic N) is 1. The zero-order chi connectivity index (χ0) is 20.5. The number of carbonyl (C=O) groups excluding carboxylic acids is 1. The molecule has 0 aromatic heterocycles. The Morgan fingerprint density at radius 1 is 0.931 bits per heavy atom.